The van der Waals surface area contributed by atoms with E-state index in [1.54, 1.807) is 33.4 Å². The Hall–Kier alpha value is -2.87. The van der Waals surface area contributed by atoms with Crippen LogP contribution in [0.4, 0.5) is 5.69 Å². The number of aryl methyl sites for hydroxylation is 2. The fraction of sp³-hybridized carbons (Fsp3) is 0.333. The molecule has 1 heterocycles. The Morgan fingerprint density at radius 1 is 0.966 bits per heavy atom. The molecule has 1 amide bonds. The molecule has 2 aromatic carbocycles. The summed E-state index contributed by atoms with van der Waals surface area (Å²) >= 11 is 0. The molecule has 3 aromatic rings. The van der Waals surface area contributed by atoms with Crippen LogP contribution in [0.2, 0.25) is 0 Å². The van der Waals surface area contributed by atoms with Gasteiger partial charge in [0.05, 0.1) is 26.5 Å². The van der Waals surface area contributed by atoms with E-state index in [1.165, 1.54) is 18.2 Å². The molecule has 0 aliphatic rings. The minimum Gasteiger partial charge on any atom is -0.325 e. The molecule has 1 aromatic heterocycles. The quantitative estimate of drug-likeness (QED) is 0.640. The zero-order valence-electron chi connectivity index (χ0n) is 16.8. The van der Waals surface area contributed by atoms with Crippen molar-refractivity contribution in [1.82, 2.24) is 9.13 Å². The Labute approximate surface area is 169 Å². The first-order valence-electron chi connectivity index (χ1n) is 9.72. The highest BCUT2D eigenvalue weighted by Gasteiger charge is 2.25. The molecule has 3 rings (SSSR count). The van der Waals surface area contributed by atoms with Crippen LogP contribution in [-0.2, 0) is 27.7 Å². The van der Waals surface area contributed by atoms with Crippen LogP contribution in [0.15, 0.2) is 57.1 Å². The van der Waals surface area contributed by atoms with Crippen LogP contribution >= 0.6 is 0 Å². The van der Waals surface area contributed by atoms with Gasteiger partial charge in [0, 0.05) is 19.5 Å². The maximum atomic E-state index is 13.4. The Morgan fingerprint density at radius 2 is 1.55 bits per heavy atom. The predicted molar refractivity (Wildman–Crippen MR) is 113 cm³/mol. The molecule has 0 radical (unpaired) electrons. The summed E-state index contributed by atoms with van der Waals surface area (Å²) in [7, 11) is -3.90. The molecule has 0 fully saturated rings. The number of hydrogen-bond acceptors (Lipinski definition) is 4. The number of nitrogens with one attached hydrogen (secondary N) is 1. The molecular weight excluding hydrogens is 390 g/mol. The lowest BCUT2D eigenvalue weighted by atomic mass is 10.2. The fourth-order valence-corrected chi connectivity index (χ4v) is 4.88. The van der Waals surface area contributed by atoms with Gasteiger partial charge >= 0.3 is 5.69 Å². The lowest BCUT2D eigenvalue weighted by Crippen LogP contribution is -2.23. The van der Waals surface area contributed by atoms with Gasteiger partial charge in [-0.25, -0.2) is 13.2 Å². The molecule has 1 N–H and O–H groups in total. The van der Waals surface area contributed by atoms with Crippen molar-refractivity contribution in [2.45, 2.75) is 56.5 Å². The number of sulfone groups is 1. The molecule has 154 valence electrons. The molecule has 0 unspecified atom stereocenters. The lowest BCUT2D eigenvalue weighted by molar-refractivity contribution is -0.116. The van der Waals surface area contributed by atoms with Gasteiger partial charge in [0.2, 0.25) is 15.7 Å². The summed E-state index contributed by atoms with van der Waals surface area (Å²) in [5.41, 5.74) is 1.11. The maximum Gasteiger partial charge on any atom is 0.329 e. The van der Waals surface area contributed by atoms with Crippen molar-refractivity contribution >= 4 is 32.5 Å². The number of fused-ring (bicyclic) bond motifs is 1. The highest BCUT2D eigenvalue weighted by Crippen LogP contribution is 2.32. The summed E-state index contributed by atoms with van der Waals surface area (Å²) in [6.45, 7) is 6.42. The first-order valence-corrected chi connectivity index (χ1v) is 11.2. The van der Waals surface area contributed by atoms with E-state index in [0.29, 0.717) is 30.5 Å². The topological polar surface area (TPSA) is 90.2 Å². The molecule has 7 nitrogen and oxygen atoms in total. The third-order valence-corrected chi connectivity index (χ3v) is 6.66. The average molecular weight is 416 g/mol. The van der Waals surface area contributed by atoms with E-state index in [1.807, 2.05) is 20.8 Å². The van der Waals surface area contributed by atoms with E-state index < -0.39 is 9.84 Å². The van der Waals surface area contributed by atoms with E-state index in [-0.39, 0.29) is 33.5 Å². The van der Waals surface area contributed by atoms with Crippen molar-refractivity contribution in [3.63, 3.8) is 0 Å². The second-order valence-corrected chi connectivity index (χ2v) is 8.64. The number of amides is 1. The molecule has 0 bridgehead atoms. The number of carbonyl (C=O) groups excluding carboxylic acids is 1. The summed E-state index contributed by atoms with van der Waals surface area (Å²) in [6, 6.07) is 11.2. The van der Waals surface area contributed by atoms with Gasteiger partial charge < -0.3 is 5.32 Å². The summed E-state index contributed by atoms with van der Waals surface area (Å²) < 4.78 is 29.8. The average Bonchev–Trinajstić information content (AvgIpc) is 2.97. The second kappa shape index (κ2) is 8.24. The minimum absolute atomic E-state index is 0.0175. The van der Waals surface area contributed by atoms with Gasteiger partial charge in [-0.2, -0.15) is 0 Å². The number of aromatic nitrogens is 2. The number of imidazole rings is 1. The summed E-state index contributed by atoms with van der Waals surface area (Å²) in [4.78, 5) is 25.1. The van der Waals surface area contributed by atoms with E-state index >= 15 is 0 Å². The largest absolute Gasteiger partial charge is 0.329 e. The van der Waals surface area contributed by atoms with Crippen molar-refractivity contribution in [2.24, 2.45) is 0 Å². The van der Waals surface area contributed by atoms with E-state index in [9.17, 15) is 18.0 Å². The highest BCUT2D eigenvalue weighted by atomic mass is 32.2. The lowest BCUT2D eigenvalue weighted by Gasteiger charge is -2.13. The van der Waals surface area contributed by atoms with Gasteiger partial charge in [-0.3, -0.25) is 13.9 Å². The molecule has 0 atom stereocenters. The van der Waals surface area contributed by atoms with E-state index in [0.717, 1.165) is 0 Å². The monoisotopic (exact) mass is 415 g/mol. The van der Waals surface area contributed by atoms with Gasteiger partial charge in [-0.05, 0) is 44.5 Å². The first-order chi connectivity index (χ1) is 13.8. The smallest absolute Gasteiger partial charge is 0.325 e. The first kappa shape index (κ1) is 20.9. The van der Waals surface area contributed by atoms with Crippen LogP contribution in [0.5, 0.6) is 0 Å². The third-order valence-electron chi connectivity index (χ3n) is 4.85. The van der Waals surface area contributed by atoms with Crippen molar-refractivity contribution in [3.05, 3.63) is 52.9 Å². The number of anilines is 1. The number of hydrogen-bond donors (Lipinski definition) is 1. The Balaban J connectivity index is 2.34. The Bertz CT molecular complexity index is 1210. The summed E-state index contributed by atoms with van der Waals surface area (Å²) in [6.07, 6.45) is 0.917. The predicted octanol–water partition coefficient (Wildman–Crippen LogP) is 3.41. The van der Waals surface area contributed by atoms with Crippen molar-refractivity contribution in [1.29, 1.82) is 0 Å². The molecule has 0 saturated carbocycles. The molecule has 0 aliphatic heterocycles. The second-order valence-electron chi connectivity index (χ2n) is 6.72. The van der Waals surface area contributed by atoms with Crippen LogP contribution in [0.3, 0.4) is 0 Å². The third kappa shape index (κ3) is 3.72. The van der Waals surface area contributed by atoms with Gasteiger partial charge in [0.1, 0.15) is 0 Å². The van der Waals surface area contributed by atoms with Gasteiger partial charge in [-0.15, -0.1) is 0 Å². The molecule has 29 heavy (non-hydrogen) atoms. The summed E-state index contributed by atoms with van der Waals surface area (Å²) in [5.74, 6) is -0.267. The molecule has 0 saturated heterocycles. The molecule has 8 heteroatoms. The van der Waals surface area contributed by atoms with Gasteiger partial charge in [0.15, 0.2) is 0 Å². The summed E-state index contributed by atoms with van der Waals surface area (Å²) in [5, 5.41) is 2.73. The van der Waals surface area contributed by atoms with Crippen LogP contribution in [0, 0.1) is 0 Å². The van der Waals surface area contributed by atoms with Crippen LogP contribution in [0.1, 0.15) is 33.6 Å². The standard InChI is InChI=1S/C21H25N3O4S/c1-4-10-20(25)22-16-13-17-18(24(6-3)21(26)23(17)5-2)14-19(16)29(27,28)15-11-8-7-9-12-15/h7-9,11-14H,4-6,10H2,1-3H3,(H,22,25). The molecule has 0 aliphatic carbocycles. The van der Waals surface area contributed by atoms with E-state index in [4.69, 9.17) is 0 Å². The molecule has 0 spiro atoms. The number of nitrogens with zero attached hydrogens (tertiary/aromatic N) is 2. The zero-order chi connectivity index (χ0) is 21.2. The van der Waals surface area contributed by atoms with Crippen LogP contribution < -0.4 is 11.0 Å². The number of benzene rings is 2. The SMILES string of the molecule is CCCC(=O)Nc1cc2c(cc1S(=O)(=O)c1ccccc1)n(CC)c(=O)n2CC. The Kier molecular flexibility index (Phi) is 5.93. The van der Waals surface area contributed by atoms with Crippen molar-refractivity contribution in [2.75, 3.05) is 5.32 Å². The van der Waals surface area contributed by atoms with E-state index in [2.05, 4.69) is 5.32 Å². The van der Waals surface area contributed by atoms with Crippen LogP contribution in [-0.4, -0.2) is 23.5 Å². The number of rotatable bonds is 7. The van der Waals surface area contributed by atoms with Crippen molar-refractivity contribution < 1.29 is 13.2 Å². The normalized spacial score (nSPS) is 11.7. The number of carbonyl (C=O) groups is 1. The maximum absolute atomic E-state index is 13.4. The highest BCUT2D eigenvalue weighted by molar-refractivity contribution is 7.91. The van der Waals surface area contributed by atoms with Crippen LogP contribution in [0.25, 0.3) is 11.0 Å². The van der Waals surface area contributed by atoms with Gasteiger partial charge in [0.25, 0.3) is 0 Å². The Morgan fingerprint density at radius 3 is 2.10 bits per heavy atom. The minimum atomic E-state index is -3.90. The molecular formula is C21H25N3O4S. The fourth-order valence-electron chi connectivity index (χ4n) is 3.44. The van der Waals surface area contributed by atoms with Gasteiger partial charge in [-0.1, -0.05) is 25.1 Å². The van der Waals surface area contributed by atoms with Crippen molar-refractivity contribution in [3.8, 4) is 0 Å². The zero-order valence-corrected chi connectivity index (χ0v) is 17.6.